The van der Waals surface area contributed by atoms with Gasteiger partial charge in [-0.1, -0.05) is 74.7 Å². The lowest BCUT2D eigenvalue weighted by Gasteiger charge is -2.26. The molecule has 1 aliphatic rings. The summed E-state index contributed by atoms with van der Waals surface area (Å²) in [5.41, 5.74) is 7.45. The number of hydrogen-bond acceptors (Lipinski definition) is 2. The van der Waals surface area contributed by atoms with Crippen molar-refractivity contribution in [1.82, 2.24) is 0 Å². The Morgan fingerprint density at radius 2 is 1.50 bits per heavy atom. The van der Waals surface area contributed by atoms with E-state index in [2.05, 4.69) is 55.5 Å². The molecule has 0 heterocycles. The van der Waals surface area contributed by atoms with Crippen LogP contribution in [0.25, 0.3) is 22.3 Å². The predicted octanol–water partition coefficient (Wildman–Crippen LogP) is 8.08. The van der Waals surface area contributed by atoms with Crippen LogP contribution in [0.15, 0.2) is 60.7 Å². The molecule has 36 heavy (non-hydrogen) atoms. The Kier molecular flexibility index (Phi) is 9.72. The van der Waals surface area contributed by atoms with E-state index in [1.807, 2.05) is 6.07 Å². The van der Waals surface area contributed by atoms with Gasteiger partial charge in [0.15, 0.2) is 0 Å². The van der Waals surface area contributed by atoms with Gasteiger partial charge in [0.2, 0.25) is 0 Å². The topological polar surface area (TPSA) is 40.5 Å². The average Bonchev–Trinajstić information content (AvgIpc) is 2.90. The van der Waals surface area contributed by atoms with Crippen molar-refractivity contribution in [3.8, 4) is 22.3 Å². The number of aryl methyl sites for hydroxylation is 2. The highest BCUT2D eigenvalue weighted by Gasteiger charge is 2.21. The minimum absolute atomic E-state index is 0.135. The molecule has 0 aromatic heterocycles. The first kappa shape index (κ1) is 26.6. The molecule has 0 aliphatic heterocycles. The van der Waals surface area contributed by atoms with Crippen molar-refractivity contribution in [3.05, 3.63) is 83.2 Å². The van der Waals surface area contributed by atoms with Crippen LogP contribution in [0.4, 0.5) is 4.39 Å². The highest BCUT2D eigenvalue weighted by molar-refractivity contribution is 5.76. The standard InChI is InChI=1S/C33H41FO2/c1-24-11-13-26(14-12-24)28-17-18-31(33(34)23-28)30-16-15-27(9-3-2-4-19-35)32(22-30)29-10-5-7-25(21-29)8-6-20-36/h5,7,10,15-18,21-24,26,35-36H,2-4,6,8-9,11-14,19-20H2,1H3. The first-order valence-corrected chi connectivity index (χ1v) is 13.8. The van der Waals surface area contributed by atoms with Crippen molar-refractivity contribution in [3.63, 3.8) is 0 Å². The zero-order valence-corrected chi connectivity index (χ0v) is 21.7. The fourth-order valence-electron chi connectivity index (χ4n) is 5.63. The van der Waals surface area contributed by atoms with Gasteiger partial charge in [-0.2, -0.15) is 0 Å². The van der Waals surface area contributed by atoms with Crippen LogP contribution in [-0.4, -0.2) is 23.4 Å². The Hall–Kier alpha value is -2.49. The molecule has 0 unspecified atom stereocenters. The van der Waals surface area contributed by atoms with E-state index in [-0.39, 0.29) is 19.0 Å². The Bertz CT molecular complexity index is 1110. The van der Waals surface area contributed by atoms with Gasteiger partial charge in [0.05, 0.1) is 0 Å². The Morgan fingerprint density at radius 3 is 2.25 bits per heavy atom. The summed E-state index contributed by atoms with van der Waals surface area (Å²) in [5, 5.41) is 18.4. The molecule has 192 valence electrons. The molecule has 2 nitrogen and oxygen atoms in total. The summed E-state index contributed by atoms with van der Waals surface area (Å²) in [4.78, 5) is 0. The quantitative estimate of drug-likeness (QED) is 0.268. The summed E-state index contributed by atoms with van der Waals surface area (Å²) in [6.45, 7) is 2.73. The first-order chi connectivity index (χ1) is 17.6. The molecular formula is C33H41FO2. The van der Waals surface area contributed by atoms with Gasteiger partial charge < -0.3 is 10.2 Å². The zero-order valence-electron chi connectivity index (χ0n) is 21.7. The molecule has 3 heteroatoms. The fraction of sp³-hybridized carbons (Fsp3) is 0.455. The van der Waals surface area contributed by atoms with Crippen LogP contribution in [0, 0.1) is 11.7 Å². The van der Waals surface area contributed by atoms with Gasteiger partial charge in [-0.05, 0) is 102 Å². The highest BCUT2D eigenvalue weighted by atomic mass is 19.1. The number of unbranched alkanes of at least 4 members (excludes halogenated alkanes) is 2. The second-order valence-corrected chi connectivity index (χ2v) is 10.6. The van der Waals surface area contributed by atoms with E-state index in [1.165, 1.54) is 24.0 Å². The maximum absolute atomic E-state index is 15.4. The lowest BCUT2D eigenvalue weighted by Crippen LogP contribution is -2.11. The molecule has 1 saturated carbocycles. The van der Waals surface area contributed by atoms with Gasteiger partial charge in [-0.15, -0.1) is 0 Å². The van der Waals surface area contributed by atoms with E-state index in [0.717, 1.165) is 79.5 Å². The van der Waals surface area contributed by atoms with Crippen LogP contribution < -0.4 is 0 Å². The van der Waals surface area contributed by atoms with Crippen LogP contribution in [0.5, 0.6) is 0 Å². The predicted molar refractivity (Wildman–Crippen MR) is 148 cm³/mol. The van der Waals surface area contributed by atoms with Crippen LogP contribution in [0.3, 0.4) is 0 Å². The van der Waals surface area contributed by atoms with Crippen LogP contribution in [-0.2, 0) is 12.8 Å². The maximum atomic E-state index is 15.4. The molecular weight excluding hydrogens is 447 g/mol. The number of benzene rings is 3. The number of halogens is 1. The summed E-state index contributed by atoms with van der Waals surface area (Å²) < 4.78 is 15.4. The molecule has 3 aromatic rings. The van der Waals surface area contributed by atoms with E-state index in [4.69, 9.17) is 5.11 Å². The average molecular weight is 489 g/mol. The van der Waals surface area contributed by atoms with E-state index in [1.54, 1.807) is 6.07 Å². The van der Waals surface area contributed by atoms with Crippen molar-refractivity contribution >= 4 is 0 Å². The second-order valence-electron chi connectivity index (χ2n) is 10.6. The van der Waals surface area contributed by atoms with Gasteiger partial charge in [-0.25, -0.2) is 4.39 Å². The molecule has 0 atom stereocenters. The molecule has 1 aliphatic carbocycles. The molecule has 0 radical (unpaired) electrons. The lowest BCUT2D eigenvalue weighted by atomic mass is 9.79. The Balaban J connectivity index is 1.64. The molecule has 4 rings (SSSR count). The van der Waals surface area contributed by atoms with E-state index in [0.29, 0.717) is 11.5 Å². The Labute approximate surface area is 216 Å². The third kappa shape index (κ3) is 6.83. The van der Waals surface area contributed by atoms with Crippen molar-refractivity contribution < 1.29 is 14.6 Å². The number of hydrogen-bond donors (Lipinski definition) is 2. The van der Waals surface area contributed by atoms with E-state index < -0.39 is 0 Å². The number of aliphatic hydroxyl groups excluding tert-OH is 2. The molecule has 2 N–H and O–H groups in total. The summed E-state index contributed by atoms with van der Waals surface area (Å²) >= 11 is 0. The van der Waals surface area contributed by atoms with Crippen molar-refractivity contribution in [1.29, 1.82) is 0 Å². The van der Waals surface area contributed by atoms with Crippen molar-refractivity contribution in [2.45, 2.75) is 77.0 Å². The zero-order chi connectivity index (χ0) is 25.3. The van der Waals surface area contributed by atoms with Crippen LogP contribution in [0.2, 0.25) is 0 Å². The summed E-state index contributed by atoms with van der Waals surface area (Å²) in [5.74, 6) is 1.13. The minimum Gasteiger partial charge on any atom is -0.396 e. The monoisotopic (exact) mass is 488 g/mol. The summed E-state index contributed by atoms with van der Waals surface area (Å²) in [7, 11) is 0. The van der Waals surface area contributed by atoms with Gasteiger partial charge >= 0.3 is 0 Å². The van der Waals surface area contributed by atoms with Crippen molar-refractivity contribution in [2.75, 3.05) is 13.2 Å². The normalized spacial score (nSPS) is 17.9. The molecule has 3 aromatic carbocycles. The Morgan fingerprint density at radius 1 is 0.722 bits per heavy atom. The first-order valence-electron chi connectivity index (χ1n) is 13.8. The van der Waals surface area contributed by atoms with E-state index >= 15 is 4.39 Å². The summed E-state index contributed by atoms with van der Waals surface area (Å²) in [6.07, 6.45) is 10.1. The fourth-order valence-corrected chi connectivity index (χ4v) is 5.63. The smallest absolute Gasteiger partial charge is 0.131 e. The third-order valence-electron chi connectivity index (χ3n) is 7.87. The molecule has 1 fully saturated rings. The van der Waals surface area contributed by atoms with Crippen molar-refractivity contribution in [2.24, 2.45) is 5.92 Å². The van der Waals surface area contributed by atoms with Gasteiger partial charge in [0.1, 0.15) is 5.82 Å². The molecule has 0 amide bonds. The molecule has 0 saturated heterocycles. The second kappa shape index (κ2) is 13.2. The number of rotatable bonds is 11. The molecule has 0 spiro atoms. The van der Waals surface area contributed by atoms with E-state index in [9.17, 15) is 5.11 Å². The maximum Gasteiger partial charge on any atom is 0.131 e. The lowest BCUT2D eigenvalue weighted by molar-refractivity contribution is 0.283. The summed E-state index contributed by atoms with van der Waals surface area (Å²) in [6, 6.07) is 20.7. The van der Waals surface area contributed by atoms with Crippen LogP contribution in [0.1, 0.15) is 80.9 Å². The number of aliphatic hydroxyl groups is 2. The van der Waals surface area contributed by atoms with Gasteiger partial charge in [-0.3, -0.25) is 0 Å². The highest BCUT2D eigenvalue weighted by Crippen LogP contribution is 2.38. The SMILES string of the molecule is CC1CCC(c2ccc(-c3ccc(CCCCCO)c(-c4cccc(CCCO)c4)c3)c(F)c2)CC1. The van der Waals surface area contributed by atoms with Gasteiger partial charge in [0.25, 0.3) is 0 Å². The van der Waals surface area contributed by atoms with Gasteiger partial charge in [0, 0.05) is 18.8 Å². The largest absolute Gasteiger partial charge is 0.396 e. The molecule has 0 bridgehead atoms. The van der Waals surface area contributed by atoms with Crippen LogP contribution >= 0.6 is 0 Å². The third-order valence-corrected chi connectivity index (χ3v) is 7.87. The minimum atomic E-state index is -0.135.